The van der Waals surface area contributed by atoms with Crippen LogP contribution >= 0.6 is 0 Å². The summed E-state index contributed by atoms with van der Waals surface area (Å²) in [5, 5.41) is 10.7. The number of halogens is 1. The number of amides is 1. The first kappa shape index (κ1) is 17.8. The van der Waals surface area contributed by atoms with Crippen LogP contribution in [-0.4, -0.2) is 28.9 Å². The fourth-order valence-corrected chi connectivity index (χ4v) is 3.25. The van der Waals surface area contributed by atoms with E-state index in [4.69, 9.17) is 4.74 Å². The van der Waals surface area contributed by atoms with Crippen LogP contribution in [0, 0.1) is 15.9 Å². The number of nitro benzene ring substituents is 1. The molecule has 0 N–H and O–H groups in total. The molecule has 136 valence electrons. The van der Waals surface area contributed by atoms with Gasteiger partial charge in [0, 0.05) is 12.6 Å². The lowest BCUT2D eigenvalue weighted by atomic mass is 10.0. The zero-order chi connectivity index (χ0) is 18.7. The SMILES string of the molecule is CCOc1ccc(C2CCCN2C(=O)c2ccc([N+](=O)[O-])cc2F)cc1. The summed E-state index contributed by atoms with van der Waals surface area (Å²) in [5.41, 5.74) is 0.443. The molecule has 7 heteroatoms. The Hall–Kier alpha value is -2.96. The fraction of sp³-hybridized carbons (Fsp3) is 0.316. The Kier molecular flexibility index (Phi) is 5.16. The molecule has 3 rings (SSSR count). The molecule has 0 bridgehead atoms. The van der Waals surface area contributed by atoms with Crippen molar-refractivity contribution in [1.29, 1.82) is 0 Å². The molecule has 6 nitrogen and oxygen atoms in total. The summed E-state index contributed by atoms with van der Waals surface area (Å²) < 4.78 is 19.6. The predicted octanol–water partition coefficient (Wildman–Crippen LogP) is 4.11. The van der Waals surface area contributed by atoms with Crippen molar-refractivity contribution >= 4 is 11.6 Å². The number of hydrogen-bond donors (Lipinski definition) is 0. The number of nitro groups is 1. The van der Waals surface area contributed by atoms with E-state index < -0.39 is 16.6 Å². The molecule has 0 spiro atoms. The van der Waals surface area contributed by atoms with Crippen LogP contribution in [0.4, 0.5) is 10.1 Å². The number of nitrogens with zero attached hydrogens (tertiary/aromatic N) is 2. The zero-order valence-electron chi connectivity index (χ0n) is 14.4. The number of carbonyl (C=O) groups is 1. The molecule has 1 aliphatic rings. The van der Waals surface area contributed by atoms with Gasteiger partial charge in [-0.15, -0.1) is 0 Å². The summed E-state index contributed by atoms with van der Waals surface area (Å²) in [5.74, 6) is -0.566. The first-order valence-corrected chi connectivity index (χ1v) is 8.49. The minimum Gasteiger partial charge on any atom is -0.494 e. The van der Waals surface area contributed by atoms with Crippen molar-refractivity contribution in [3.63, 3.8) is 0 Å². The number of carbonyl (C=O) groups excluding carboxylic acids is 1. The highest BCUT2D eigenvalue weighted by atomic mass is 19.1. The Bertz CT molecular complexity index is 823. The van der Waals surface area contributed by atoms with Crippen molar-refractivity contribution in [1.82, 2.24) is 4.90 Å². The molecule has 0 radical (unpaired) electrons. The molecule has 26 heavy (non-hydrogen) atoms. The molecule has 0 aromatic heterocycles. The van der Waals surface area contributed by atoms with Gasteiger partial charge in [0.1, 0.15) is 11.6 Å². The highest BCUT2D eigenvalue weighted by Crippen LogP contribution is 2.34. The first-order chi connectivity index (χ1) is 12.5. The van der Waals surface area contributed by atoms with Crippen molar-refractivity contribution in [3.8, 4) is 5.75 Å². The monoisotopic (exact) mass is 358 g/mol. The molecule has 0 aliphatic carbocycles. The minimum atomic E-state index is -0.874. The third kappa shape index (κ3) is 3.51. The standard InChI is InChI=1S/C19H19FN2O4/c1-2-26-15-8-5-13(6-9-15)18-4-3-11-21(18)19(23)16-10-7-14(22(24)25)12-17(16)20/h5-10,12,18H,2-4,11H2,1H3. The molecule has 2 aromatic rings. The summed E-state index contributed by atoms with van der Waals surface area (Å²) in [6.45, 7) is 3.00. The van der Waals surface area contributed by atoms with E-state index in [9.17, 15) is 19.3 Å². The van der Waals surface area contributed by atoms with Crippen LogP contribution in [0.2, 0.25) is 0 Å². The van der Waals surface area contributed by atoms with Gasteiger partial charge in [-0.2, -0.15) is 0 Å². The molecule has 1 saturated heterocycles. The van der Waals surface area contributed by atoms with E-state index in [2.05, 4.69) is 0 Å². The van der Waals surface area contributed by atoms with Gasteiger partial charge in [0.15, 0.2) is 0 Å². The largest absolute Gasteiger partial charge is 0.494 e. The van der Waals surface area contributed by atoms with Crippen LogP contribution in [0.25, 0.3) is 0 Å². The van der Waals surface area contributed by atoms with Gasteiger partial charge in [0.2, 0.25) is 0 Å². The summed E-state index contributed by atoms with van der Waals surface area (Å²) in [4.78, 5) is 24.5. The summed E-state index contributed by atoms with van der Waals surface area (Å²) in [6, 6.07) is 10.5. The average Bonchev–Trinajstić information content (AvgIpc) is 3.11. The molecule has 1 unspecified atom stereocenters. The lowest BCUT2D eigenvalue weighted by Crippen LogP contribution is -2.31. The third-order valence-corrected chi connectivity index (χ3v) is 4.48. The van der Waals surface area contributed by atoms with E-state index in [-0.39, 0.29) is 17.3 Å². The lowest BCUT2D eigenvalue weighted by molar-refractivity contribution is -0.385. The molecule has 1 fully saturated rings. The summed E-state index contributed by atoms with van der Waals surface area (Å²) >= 11 is 0. The average molecular weight is 358 g/mol. The highest BCUT2D eigenvalue weighted by Gasteiger charge is 2.32. The van der Waals surface area contributed by atoms with Crippen LogP contribution in [0.3, 0.4) is 0 Å². The van der Waals surface area contributed by atoms with Gasteiger partial charge < -0.3 is 9.64 Å². The predicted molar refractivity (Wildman–Crippen MR) is 93.7 cm³/mol. The molecule has 1 heterocycles. The van der Waals surface area contributed by atoms with E-state index in [1.807, 2.05) is 31.2 Å². The van der Waals surface area contributed by atoms with Crippen LogP contribution in [0.1, 0.15) is 41.7 Å². The lowest BCUT2D eigenvalue weighted by Gasteiger charge is -2.25. The van der Waals surface area contributed by atoms with Crippen molar-refractivity contribution < 1.29 is 18.8 Å². The van der Waals surface area contributed by atoms with Crippen molar-refractivity contribution in [3.05, 3.63) is 69.5 Å². The Morgan fingerprint density at radius 1 is 1.31 bits per heavy atom. The number of ether oxygens (including phenoxy) is 1. The molecular formula is C19H19FN2O4. The van der Waals surface area contributed by atoms with Gasteiger partial charge in [0.05, 0.1) is 29.2 Å². The first-order valence-electron chi connectivity index (χ1n) is 8.49. The summed E-state index contributed by atoms with van der Waals surface area (Å²) in [6.07, 6.45) is 1.60. The maximum atomic E-state index is 14.2. The summed E-state index contributed by atoms with van der Waals surface area (Å²) in [7, 11) is 0. The van der Waals surface area contributed by atoms with Gasteiger partial charge in [-0.05, 0) is 43.5 Å². The fourth-order valence-electron chi connectivity index (χ4n) is 3.25. The van der Waals surface area contributed by atoms with E-state index in [1.165, 1.54) is 6.07 Å². The Morgan fingerprint density at radius 2 is 2.04 bits per heavy atom. The molecule has 0 saturated carbocycles. The van der Waals surface area contributed by atoms with E-state index in [1.54, 1.807) is 4.90 Å². The van der Waals surface area contributed by atoms with Crippen LogP contribution in [0.15, 0.2) is 42.5 Å². The second kappa shape index (κ2) is 7.51. The number of non-ortho nitro benzene ring substituents is 1. The Labute approximate surface area is 150 Å². The van der Waals surface area contributed by atoms with Gasteiger partial charge in [-0.1, -0.05) is 12.1 Å². The molecule has 1 amide bonds. The Morgan fingerprint density at radius 3 is 2.65 bits per heavy atom. The highest BCUT2D eigenvalue weighted by molar-refractivity contribution is 5.95. The second-order valence-electron chi connectivity index (χ2n) is 6.08. The van der Waals surface area contributed by atoms with E-state index >= 15 is 0 Å². The number of benzene rings is 2. The van der Waals surface area contributed by atoms with Crippen LogP contribution in [0.5, 0.6) is 5.75 Å². The van der Waals surface area contributed by atoms with Crippen molar-refractivity contribution in [2.45, 2.75) is 25.8 Å². The van der Waals surface area contributed by atoms with Crippen LogP contribution in [-0.2, 0) is 0 Å². The molecule has 2 aromatic carbocycles. The normalized spacial score (nSPS) is 16.5. The van der Waals surface area contributed by atoms with Gasteiger partial charge in [-0.3, -0.25) is 14.9 Å². The number of hydrogen-bond acceptors (Lipinski definition) is 4. The molecular weight excluding hydrogens is 339 g/mol. The minimum absolute atomic E-state index is 0.145. The van der Waals surface area contributed by atoms with Gasteiger partial charge in [-0.25, -0.2) is 4.39 Å². The quantitative estimate of drug-likeness (QED) is 0.596. The molecule has 1 atom stereocenters. The van der Waals surface area contributed by atoms with E-state index in [0.29, 0.717) is 13.2 Å². The van der Waals surface area contributed by atoms with Gasteiger partial charge in [0.25, 0.3) is 11.6 Å². The van der Waals surface area contributed by atoms with E-state index in [0.717, 1.165) is 36.3 Å². The number of likely N-dealkylation sites (tertiary alicyclic amines) is 1. The maximum Gasteiger partial charge on any atom is 0.272 e. The maximum absolute atomic E-state index is 14.2. The topological polar surface area (TPSA) is 72.7 Å². The second-order valence-corrected chi connectivity index (χ2v) is 6.08. The smallest absolute Gasteiger partial charge is 0.272 e. The number of rotatable bonds is 5. The third-order valence-electron chi connectivity index (χ3n) is 4.48. The van der Waals surface area contributed by atoms with Crippen molar-refractivity contribution in [2.24, 2.45) is 0 Å². The van der Waals surface area contributed by atoms with Crippen molar-refractivity contribution in [2.75, 3.05) is 13.2 Å². The Balaban J connectivity index is 1.83. The van der Waals surface area contributed by atoms with Gasteiger partial charge >= 0.3 is 0 Å². The van der Waals surface area contributed by atoms with Crippen LogP contribution < -0.4 is 4.74 Å². The molecule has 1 aliphatic heterocycles. The zero-order valence-corrected chi connectivity index (χ0v) is 14.4.